The van der Waals surface area contributed by atoms with Crippen LogP contribution in [-0.2, 0) is 0 Å². The van der Waals surface area contributed by atoms with Crippen LogP contribution in [0.3, 0.4) is 0 Å². The Hall–Kier alpha value is -2.08. The molecule has 0 spiro atoms. The minimum Gasteiger partial charge on any atom is -0.478 e. The van der Waals surface area contributed by atoms with E-state index in [-0.39, 0.29) is 24.2 Å². The van der Waals surface area contributed by atoms with E-state index in [1.807, 2.05) is 0 Å². The normalized spacial score (nSPS) is 13.9. The van der Waals surface area contributed by atoms with Crippen molar-refractivity contribution >= 4 is 17.7 Å². The van der Waals surface area contributed by atoms with Gasteiger partial charge in [0.15, 0.2) is 0 Å². The summed E-state index contributed by atoms with van der Waals surface area (Å²) in [5, 5.41) is 20.7. The van der Waals surface area contributed by atoms with Crippen molar-refractivity contribution in [2.24, 2.45) is 0 Å². The summed E-state index contributed by atoms with van der Waals surface area (Å²) in [6.07, 6.45) is 1.93. The SMILES string of the molecule is Cc1cc(C(=O)O)ccc1NC(=O)N(CCO)C1CC1. The molecule has 1 fully saturated rings. The number of hydrogen-bond acceptors (Lipinski definition) is 3. The van der Waals surface area contributed by atoms with Crippen molar-refractivity contribution in [3.63, 3.8) is 0 Å². The largest absolute Gasteiger partial charge is 0.478 e. The average Bonchev–Trinajstić information content (AvgIpc) is 3.22. The number of rotatable bonds is 5. The van der Waals surface area contributed by atoms with Crippen LogP contribution in [0.2, 0.25) is 0 Å². The van der Waals surface area contributed by atoms with Gasteiger partial charge in [0.25, 0.3) is 0 Å². The molecule has 3 N–H and O–H groups in total. The Morgan fingerprint density at radius 1 is 1.40 bits per heavy atom. The second-order valence-electron chi connectivity index (χ2n) is 4.91. The third-order valence-electron chi connectivity index (χ3n) is 3.30. The van der Waals surface area contributed by atoms with E-state index in [9.17, 15) is 9.59 Å². The molecule has 108 valence electrons. The van der Waals surface area contributed by atoms with Crippen LogP contribution in [0.1, 0.15) is 28.8 Å². The van der Waals surface area contributed by atoms with Gasteiger partial charge in [-0.2, -0.15) is 0 Å². The lowest BCUT2D eigenvalue weighted by Gasteiger charge is -2.22. The van der Waals surface area contributed by atoms with Gasteiger partial charge in [-0.1, -0.05) is 0 Å². The van der Waals surface area contributed by atoms with Crippen LogP contribution in [0.4, 0.5) is 10.5 Å². The van der Waals surface area contributed by atoms with Gasteiger partial charge in [0.2, 0.25) is 0 Å². The van der Waals surface area contributed by atoms with E-state index in [1.165, 1.54) is 12.1 Å². The van der Waals surface area contributed by atoms with Gasteiger partial charge in [-0.25, -0.2) is 9.59 Å². The molecule has 0 radical (unpaired) electrons. The summed E-state index contributed by atoms with van der Waals surface area (Å²) in [5.41, 5.74) is 1.47. The molecule has 0 heterocycles. The Morgan fingerprint density at radius 2 is 2.10 bits per heavy atom. The number of carbonyl (C=O) groups is 2. The Bertz CT molecular complexity index is 526. The van der Waals surface area contributed by atoms with Crippen LogP contribution < -0.4 is 5.32 Å². The molecule has 6 heteroatoms. The fourth-order valence-corrected chi connectivity index (χ4v) is 2.07. The summed E-state index contributed by atoms with van der Waals surface area (Å²) in [5.74, 6) is -0.995. The fraction of sp³-hybridized carbons (Fsp3) is 0.429. The molecule has 1 aliphatic rings. The van der Waals surface area contributed by atoms with Gasteiger partial charge < -0.3 is 20.4 Å². The number of aryl methyl sites for hydroxylation is 1. The van der Waals surface area contributed by atoms with E-state index in [0.717, 1.165) is 12.8 Å². The number of nitrogens with zero attached hydrogens (tertiary/aromatic N) is 1. The molecule has 1 saturated carbocycles. The van der Waals surface area contributed by atoms with Crippen molar-refractivity contribution in [2.45, 2.75) is 25.8 Å². The van der Waals surface area contributed by atoms with Crippen LogP contribution in [0, 0.1) is 6.92 Å². The molecule has 0 aliphatic heterocycles. The second kappa shape index (κ2) is 5.92. The molecule has 0 bridgehead atoms. The Balaban J connectivity index is 2.08. The molecular weight excluding hydrogens is 260 g/mol. The van der Waals surface area contributed by atoms with E-state index < -0.39 is 5.97 Å². The minimum absolute atomic E-state index is 0.0686. The highest BCUT2D eigenvalue weighted by molar-refractivity contribution is 5.93. The first-order valence-electron chi connectivity index (χ1n) is 6.55. The number of carbonyl (C=O) groups excluding carboxylic acids is 1. The van der Waals surface area contributed by atoms with Gasteiger partial charge in [-0.3, -0.25) is 0 Å². The number of urea groups is 1. The van der Waals surface area contributed by atoms with Gasteiger partial charge >= 0.3 is 12.0 Å². The van der Waals surface area contributed by atoms with E-state index >= 15 is 0 Å². The highest BCUT2D eigenvalue weighted by atomic mass is 16.4. The van der Waals surface area contributed by atoms with Crippen molar-refractivity contribution in [3.05, 3.63) is 29.3 Å². The average molecular weight is 278 g/mol. The highest BCUT2D eigenvalue weighted by Crippen LogP contribution is 2.27. The van der Waals surface area contributed by atoms with Crippen molar-refractivity contribution in [1.82, 2.24) is 4.90 Å². The van der Waals surface area contributed by atoms with Crippen LogP contribution in [0.25, 0.3) is 0 Å². The second-order valence-corrected chi connectivity index (χ2v) is 4.91. The smallest absolute Gasteiger partial charge is 0.335 e. The van der Waals surface area contributed by atoms with Gasteiger partial charge in [0.1, 0.15) is 0 Å². The zero-order valence-electron chi connectivity index (χ0n) is 11.3. The molecule has 1 aromatic rings. The molecular formula is C14H18N2O4. The van der Waals surface area contributed by atoms with Crippen LogP contribution >= 0.6 is 0 Å². The zero-order chi connectivity index (χ0) is 14.7. The predicted octanol–water partition coefficient (Wildman–Crippen LogP) is 1.68. The number of carboxylic acids is 1. The van der Waals surface area contributed by atoms with E-state index in [2.05, 4.69) is 5.32 Å². The molecule has 6 nitrogen and oxygen atoms in total. The molecule has 1 aromatic carbocycles. The number of nitrogens with one attached hydrogen (secondary N) is 1. The summed E-state index contributed by atoms with van der Waals surface area (Å²) >= 11 is 0. The van der Waals surface area contributed by atoms with Crippen molar-refractivity contribution in [2.75, 3.05) is 18.5 Å². The summed E-state index contributed by atoms with van der Waals surface area (Å²) in [6.45, 7) is 1.99. The molecule has 2 rings (SSSR count). The van der Waals surface area contributed by atoms with E-state index in [1.54, 1.807) is 17.9 Å². The maximum Gasteiger partial charge on any atom is 0.335 e. The highest BCUT2D eigenvalue weighted by Gasteiger charge is 2.32. The zero-order valence-corrected chi connectivity index (χ0v) is 11.3. The lowest BCUT2D eigenvalue weighted by molar-refractivity contribution is 0.0697. The molecule has 20 heavy (non-hydrogen) atoms. The topological polar surface area (TPSA) is 89.9 Å². The first kappa shape index (κ1) is 14.3. The number of aliphatic hydroxyl groups excluding tert-OH is 1. The number of aliphatic hydroxyl groups is 1. The first-order chi connectivity index (χ1) is 9.52. The maximum absolute atomic E-state index is 12.1. The lowest BCUT2D eigenvalue weighted by Crippen LogP contribution is -2.38. The van der Waals surface area contributed by atoms with Gasteiger partial charge in [-0.05, 0) is 43.5 Å². The number of amides is 2. The van der Waals surface area contributed by atoms with E-state index in [4.69, 9.17) is 10.2 Å². The number of benzene rings is 1. The molecule has 2 amide bonds. The Labute approximate surface area is 117 Å². The number of aromatic carboxylic acids is 1. The van der Waals surface area contributed by atoms with Crippen molar-refractivity contribution in [1.29, 1.82) is 0 Å². The lowest BCUT2D eigenvalue weighted by atomic mass is 10.1. The molecule has 0 saturated heterocycles. The third kappa shape index (κ3) is 3.27. The predicted molar refractivity (Wildman–Crippen MR) is 74.0 cm³/mol. The Kier molecular flexibility index (Phi) is 4.24. The first-order valence-corrected chi connectivity index (χ1v) is 6.55. The minimum atomic E-state index is -0.995. The number of anilines is 1. The standard InChI is InChI=1S/C14H18N2O4/c1-9-8-10(13(18)19)2-5-12(9)15-14(20)16(6-7-17)11-3-4-11/h2,5,8,11,17H,3-4,6-7H2,1H3,(H,15,20)(H,18,19). The quantitative estimate of drug-likeness (QED) is 0.764. The molecule has 1 aliphatic carbocycles. The monoisotopic (exact) mass is 278 g/mol. The Morgan fingerprint density at radius 3 is 2.60 bits per heavy atom. The van der Waals surface area contributed by atoms with Crippen molar-refractivity contribution in [3.8, 4) is 0 Å². The fourth-order valence-electron chi connectivity index (χ4n) is 2.07. The van der Waals surface area contributed by atoms with Crippen LogP contribution in [0.5, 0.6) is 0 Å². The van der Waals surface area contributed by atoms with Crippen LogP contribution in [-0.4, -0.2) is 46.3 Å². The van der Waals surface area contributed by atoms with Crippen molar-refractivity contribution < 1.29 is 19.8 Å². The molecule has 0 aromatic heterocycles. The summed E-state index contributed by atoms with van der Waals surface area (Å²) in [7, 11) is 0. The van der Waals surface area contributed by atoms with Gasteiger partial charge in [-0.15, -0.1) is 0 Å². The number of hydrogen-bond donors (Lipinski definition) is 3. The molecule has 0 unspecified atom stereocenters. The summed E-state index contributed by atoms with van der Waals surface area (Å²) < 4.78 is 0. The number of carboxylic acid groups (broad SMARTS) is 1. The van der Waals surface area contributed by atoms with Crippen LogP contribution in [0.15, 0.2) is 18.2 Å². The van der Waals surface area contributed by atoms with E-state index in [0.29, 0.717) is 17.8 Å². The summed E-state index contributed by atoms with van der Waals surface area (Å²) in [6, 6.07) is 4.51. The van der Waals surface area contributed by atoms with Gasteiger partial charge in [0.05, 0.1) is 12.2 Å². The maximum atomic E-state index is 12.1. The van der Waals surface area contributed by atoms with Gasteiger partial charge in [0, 0.05) is 18.3 Å². The molecule has 0 atom stereocenters. The summed E-state index contributed by atoms with van der Waals surface area (Å²) in [4.78, 5) is 24.6. The third-order valence-corrected chi connectivity index (χ3v) is 3.30.